The standard InChI is InChI=1S/C12H17N5/c1-8(2)14-12-15-11(13)17(16-12)10-6-4-9(3)5-7-10/h4-8H,1-3H3,(H3,13,14,15,16). The quantitative estimate of drug-likeness (QED) is 0.847. The minimum absolute atomic E-state index is 0.281. The largest absolute Gasteiger partial charge is 0.368 e. The van der Waals surface area contributed by atoms with E-state index in [0.29, 0.717) is 11.9 Å². The van der Waals surface area contributed by atoms with Gasteiger partial charge in [-0.05, 0) is 32.9 Å². The zero-order valence-corrected chi connectivity index (χ0v) is 10.3. The minimum atomic E-state index is 0.281. The molecule has 1 aromatic carbocycles. The zero-order chi connectivity index (χ0) is 12.4. The summed E-state index contributed by atoms with van der Waals surface area (Å²) in [6.45, 7) is 6.10. The van der Waals surface area contributed by atoms with Gasteiger partial charge < -0.3 is 11.1 Å². The van der Waals surface area contributed by atoms with Crippen molar-refractivity contribution in [3.8, 4) is 5.69 Å². The molecule has 5 nitrogen and oxygen atoms in total. The van der Waals surface area contributed by atoms with Gasteiger partial charge in [0.05, 0.1) is 5.69 Å². The average Bonchev–Trinajstić information content (AvgIpc) is 2.59. The van der Waals surface area contributed by atoms with Crippen molar-refractivity contribution >= 4 is 11.9 Å². The lowest BCUT2D eigenvalue weighted by Gasteiger charge is -2.04. The third kappa shape index (κ3) is 2.55. The van der Waals surface area contributed by atoms with E-state index in [4.69, 9.17) is 5.73 Å². The molecule has 0 aliphatic heterocycles. The van der Waals surface area contributed by atoms with Crippen LogP contribution in [0.1, 0.15) is 19.4 Å². The Kier molecular flexibility index (Phi) is 2.99. The zero-order valence-electron chi connectivity index (χ0n) is 10.3. The molecular weight excluding hydrogens is 214 g/mol. The summed E-state index contributed by atoms with van der Waals surface area (Å²) in [5.74, 6) is 0.940. The Labute approximate surface area is 101 Å². The van der Waals surface area contributed by atoms with E-state index in [1.54, 1.807) is 4.68 Å². The maximum absolute atomic E-state index is 5.84. The third-order valence-corrected chi connectivity index (χ3v) is 2.33. The number of nitrogens with two attached hydrogens (primary N) is 1. The topological polar surface area (TPSA) is 68.8 Å². The van der Waals surface area contributed by atoms with Crippen LogP contribution >= 0.6 is 0 Å². The van der Waals surface area contributed by atoms with Gasteiger partial charge in [-0.25, -0.2) is 0 Å². The average molecular weight is 231 g/mol. The summed E-state index contributed by atoms with van der Waals surface area (Å²) in [6.07, 6.45) is 0. The van der Waals surface area contributed by atoms with E-state index in [1.807, 2.05) is 45.0 Å². The molecule has 2 aromatic rings. The van der Waals surface area contributed by atoms with E-state index in [2.05, 4.69) is 15.4 Å². The van der Waals surface area contributed by atoms with E-state index in [9.17, 15) is 0 Å². The predicted molar refractivity (Wildman–Crippen MR) is 69.3 cm³/mol. The van der Waals surface area contributed by atoms with Crippen LogP contribution in [0.3, 0.4) is 0 Å². The van der Waals surface area contributed by atoms with Gasteiger partial charge in [0.1, 0.15) is 0 Å². The first-order chi connectivity index (χ1) is 8.06. The summed E-state index contributed by atoms with van der Waals surface area (Å²) >= 11 is 0. The SMILES string of the molecule is Cc1ccc(-n2nc(NC(C)C)nc2N)cc1. The van der Waals surface area contributed by atoms with Crippen molar-refractivity contribution in [2.45, 2.75) is 26.8 Å². The summed E-state index contributed by atoms with van der Waals surface area (Å²) in [4.78, 5) is 4.17. The van der Waals surface area contributed by atoms with Gasteiger partial charge in [-0.15, -0.1) is 5.10 Å². The van der Waals surface area contributed by atoms with Crippen molar-refractivity contribution in [2.75, 3.05) is 11.1 Å². The third-order valence-electron chi connectivity index (χ3n) is 2.33. The molecule has 2 rings (SSSR count). The van der Waals surface area contributed by atoms with Gasteiger partial charge in [0.15, 0.2) is 0 Å². The van der Waals surface area contributed by atoms with Crippen LogP contribution in [0.15, 0.2) is 24.3 Å². The van der Waals surface area contributed by atoms with Gasteiger partial charge in [-0.1, -0.05) is 17.7 Å². The highest BCUT2D eigenvalue weighted by Gasteiger charge is 2.08. The van der Waals surface area contributed by atoms with Crippen LogP contribution in [0.4, 0.5) is 11.9 Å². The Hall–Kier alpha value is -2.04. The van der Waals surface area contributed by atoms with Crippen molar-refractivity contribution in [3.63, 3.8) is 0 Å². The first kappa shape index (κ1) is 11.4. The van der Waals surface area contributed by atoms with Gasteiger partial charge in [-0.2, -0.15) is 9.67 Å². The van der Waals surface area contributed by atoms with Gasteiger partial charge in [-0.3, -0.25) is 0 Å². The number of nitrogen functional groups attached to an aromatic ring is 1. The lowest BCUT2D eigenvalue weighted by Crippen LogP contribution is -2.11. The first-order valence-corrected chi connectivity index (χ1v) is 5.62. The fraction of sp³-hybridized carbons (Fsp3) is 0.333. The van der Waals surface area contributed by atoms with Crippen molar-refractivity contribution in [3.05, 3.63) is 29.8 Å². The number of benzene rings is 1. The summed E-state index contributed by atoms with van der Waals surface area (Å²) in [5, 5.41) is 7.44. The fourth-order valence-electron chi connectivity index (χ4n) is 1.52. The van der Waals surface area contributed by atoms with Crippen LogP contribution in [0, 0.1) is 6.92 Å². The van der Waals surface area contributed by atoms with Gasteiger partial charge in [0.25, 0.3) is 0 Å². The van der Waals surface area contributed by atoms with Gasteiger partial charge in [0.2, 0.25) is 11.9 Å². The summed E-state index contributed by atoms with van der Waals surface area (Å²) in [7, 11) is 0. The second kappa shape index (κ2) is 4.45. The molecule has 0 unspecified atom stereocenters. The number of nitrogens with zero attached hydrogens (tertiary/aromatic N) is 3. The maximum atomic E-state index is 5.84. The van der Waals surface area contributed by atoms with Crippen LogP contribution in [-0.4, -0.2) is 20.8 Å². The molecule has 17 heavy (non-hydrogen) atoms. The van der Waals surface area contributed by atoms with Crippen LogP contribution in [0.5, 0.6) is 0 Å². The Bertz CT molecular complexity index is 498. The molecule has 90 valence electrons. The molecule has 0 bridgehead atoms. The van der Waals surface area contributed by atoms with Gasteiger partial charge >= 0.3 is 0 Å². The van der Waals surface area contributed by atoms with Crippen molar-refractivity contribution in [1.29, 1.82) is 0 Å². The van der Waals surface area contributed by atoms with Crippen LogP contribution < -0.4 is 11.1 Å². The molecule has 0 atom stereocenters. The lowest BCUT2D eigenvalue weighted by atomic mass is 10.2. The molecule has 0 aliphatic carbocycles. The highest BCUT2D eigenvalue weighted by Crippen LogP contribution is 2.14. The fourth-order valence-corrected chi connectivity index (χ4v) is 1.52. The van der Waals surface area contributed by atoms with E-state index >= 15 is 0 Å². The molecule has 0 fully saturated rings. The highest BCUT2D eigenvalue weighted by atomic mass is 15.4. The second-order valence-electron chi connectivity index (χ2n) is 4.34. The van der Waals surface area contributed by atoms with E-state index in [0.717, 1.165) is 5.69 Å². The summed E-state index contributed by atoms with van der Waals surface area (Å²) in [6, 6.07) is 8.26. The first-order valence-electron chi connectivity index (χ1n) is 5.62. The molecule has 1 heterocycles. The molecule has 0 spiro atoms. The smallest absolute Gasteiger partial charge is 0.244 e. The molecule has 0 amide bonds. The normalized spacial score (nSPS) is 10.8. The van der Waals surface area contributed by atoms with Crippen molar-refractivity contribution in [2.24, 2.45) is 0 Å². The molecule has 0 radical (unpaired) electrons. The Morgan fingerprint density at radius 3 is 2.47 bits per heavy atom. The summed E-state index contributed by atoms with van der Waals surface area (Å²) < 4.78 is 1.63. The summed E-state index contributed by atoms with van der Waals surface area (Å²) in [5.41, 5.74) is 7.95. The molecule has 3 N–H and O–H groups in total. The molecule has 1 aromatic heterocycles. The van der Waals surface area contributed by atoms with Gasteiger partial charge in [0, 0.05) is 6.04 Å². The second-order valence-corrected chi connectivity index (χ2v) is 4.34. The van der Waals surface area contributed by atoms with Crippen LogP contribution in [0.2, 0.25) is 0 Å². The van der Waals surface area contributed by atoms with E-state index in [-0.39, 0.29) is 6.04 Å². The van der Waals surface area contributed by atoms with E-state index < -0.39 is 0 Å². The number of aryl methyl sites for hydroxylation is 1. The van der Waals surface area contributed by atoms with Crippen molar-refractivity contribution in [1.82, 2.24) is 14.8 Å². The molecule has 0 aliphatic rings. The number of anilines is 2. The van der Waals surface area contributed by atoms with Crippen LogP contribution in [0.25, 0.3) is 5.69 Å². The highest BCUT2D eigenvalue weighted by molar-refractivity contribution is 5.42. The molecule has 5 heteroatoms. The number of hydrogen-bond acceptors (Lipinski definition) is 4. The minimum Gasteiger partial charge on any atom is -0.368 e. The van der Waals surface area contributed by atoms with Crippen molar-refractivity contribution < 1.29 is 0 Å². The Morgan fingerprint density at radius 2 is 1.88 bits per heavy atom. The monoisotopic (exact) mass is 231 g/mol. The Morgan fingerprint density at radius 1 is 1.24 bits per heavy atom. The number of aromatic nitrogens is 3. The molecule has 0 saturated carbocycles. The number of nitrogens with one attached hydrogen (secondary N) is 1. The lowest BCUT2D eigenvalue weighted by molar-refractivity contribution is 0.848. The molecular formula is C12H17N5. The van der Waals surface area contributed by atoms with Crippen LogP contribution in [-0.2, 0) is 0 Å². The Balaban J connectivity index is 2.32. The maximum Gasteiger partial charge on any atom is 0.244 e. The molecule has 0 saturated heterocycles. The number of hydrogen-bond donors (Lipinski definition) is 2. The predicted octanol–water partition coefficient (Wildman–Crippen LogP) is 1.98. The number of rotatable bonds is 3. The van der Waals surface area contributed by atoms with E-state index in [1.165, 1.54) is 5.56 Å².